The highest BCUT2D eigenvalue weighted by Crippen LogP contribution is 2.21. The van der Waals surface area contributed by atoms with Gasteiger partial charge < -0.3 is 14.3 Å². The van der Waals surface area contributed by atoms with Gasteiger partial charge in [-0.3, -0.25) is 4.90 Å². The van der Waals surface area contributed by atoms with Crippen molar-refractivity contribution in [3.63, 3.8) is 0 Å². The van der Waals surface area contributed by atoms with Crippen molar-refractivity contribution >= 4 is 5.97 Å². The average Bonchev–Trinajstić information content (AvgIpc) is 2.86. The van der Waals surface area contributed by atoms with Crippen molar-refractivity contribution in [2.24, 2.45) is 0 Å². The number of aromatic nitrogens is 2. The van der Waals surface area contributed by atoms with Crippen LogP contribution in [0.4, 0.5) is 0 Å². The lowest BCUT2D eigenvalue weighted by molar-refractivity contribution is -0.145. The predicted octanol–water partition coefficient (Wildman–Crippen LogP) is 1.43. The maximum absolute atomic E-state index is 10.5. The van der Waals surface area contributed by atoms with Crippen molar-refractivity contribution in [2.45, 2.75) is 51.7 Å². The van der Waals surface area contributed by atoms with Gasteiger partial charge in [-0.1, -0.05) is 20.8 Å². The predicted molar refractivity (Wildman–Crippen MR) is 74.9 cm³/mol. The standard InChI is InChI=1S/C14H23N3O4/c1-14(2,3)13-16-15-11(21-13)8-17-6-4-10(5-7-17)20-9-12(18)19/h10H,4-9H2,1-3H3,(H,18,19). The molecule has 1 aromatic heterocycles. The molecule has 1 aliphatic heterocycles. The molecular formula is C14H23N3O4. The van der Waals surface area contributed by atoms with Crippen LogP contribution in [0.2, 0.25) is 0 Å². The van der Waals surface area contributed by atoms with Crippen LogP contribution < -0.4 is 0 Å². The first-order valence-electron chi connectivity index (χ1n) is 7.23. The summed E-state index contributed by atoms with van der Waals surface area (Å²) in [5.74, 6) is 0.361. The van der Waals surface area contributed by atoms with Gasteiger partial charge >= 0.3 is 5.97 Å². The van der Waals surface area contributed by atoms with Gasteiger partial charge in [-0.05, 0) is 12.8 Å². The van der Waals surface area contributed by atoms with Crippen LogP contribution >= 0.6 is 0 Å². The molecule has 0 bridgehead atoms. The highest BCUT2D eigenvalue weighted by Gasteiger charge is 2.24. The van der Waals surface area contributed by atoms with Crippen LogP contribution in [0.3, 0.4) is 0 Å². The van der Waals surface area contributed by atoms with E-state index in [1.165, 1.54) is 0 Å². The fourth-order valence-corrected chi connectivity index (χ4v) is 2.24. The highest BCUT2D eigenvalue weighted by atomic mass is 16.5. The van der Waals surface area contributed by atoms with Gasteiger partial charge in [0, 0.05) is 18.5 Å². The second kappa shape index (κ2) is 6.53. The normalized spacial score (nSPS) is 18.0. The lowest BCUT2D eigenvalue weighted by Crippen LogP contribution is -2.37. The lowest BCUT2D eigenvalue weighted by atomic mass is 9.97. The Hall–Kier alpha value is -1.47. The second-order valence-corrected chi connectivity index (χ2v) is 6.43. The number of hydrogen-bond acceptors (Lipinski definition) is 6. The Morgan fingerprint density at radius 3 is 2.57 bits per heavy atom. The van der Waals surface area contributed by atoms with Crippen LogP contribution in [-0.2, 0) is 21.5 Å². The first kappa shape index (κ1) is 15.9. The van der Waals surface area contributed by atoms with Crippen molar-refractivity contribution in [3.05, 3.63) is 11.8 Å². The molecule has 118 valence electrons. The molecule has 0 aromatic carbocycles. The SMILES string of the molecule is CC(C)(C)c1nnc(CN2CCC(OCC(=O)O)CC2)o1. The fourth-order valence-electron chi connectivity index (χ4n) is 2.24. The number of nitrogens with zero attached hydrogens (tertiary/aromatic N) is 3. The number of rotatable bonds is 5. The number of hydrogen-bond donors (Lipinski definition) is 1. The minimum Gasteiger partial charge on any atom is -0.480 e. The van der Waals surface area contributed by atoms with Gasteiger partial charge in [-0.25, -0.2) is 4.79 Å². The molecule has 0 amide bonds. The molecule has 0 atom stereocenters. The molecule has 0 spiro atoms. The number of carboxylic acids is 1. The van der Waals surface area contributed by atoms with Gasteiger partial charge in [0.2, 0.25) is 11.8 Å². The Morgan fingerprint density at radius 2 is 2.05 bits per heavy atom. The number of ether oxygens (including phenoxy) is 1. The number of carbonyl (C=O) groups is 1. The van der Waals surface area contributed by atoms with E-state index in [1.807, 2.05) is 20.8 Å². The molecule has 1 fully saturated rings. The summed E-state index contributed by atoms with van der Waals surface area (Å²) in [7, 11) is 0. The summed E-state index contributed by atoms with van der Waals surface area (Å²) in [6.07, 6.45) is 1.69. The van der Waals surface area contributed by atoms with E-state index in [0.717, 1.165) is 25.9 Å². The summed E-state index contributed by atoms with van der Waals surface area (Å²) in [6, 6.07) is 0. The Kier molecular flexibility index (Phi) is 4.95. The minimum absolute atomic E-state index is 0.0326. The zero-order chi connectivity index (χ0) is 15.5. The van der Waals surface area contributed by atoms with Gasteiger partial charge in [0.1, 0.15) is 6.61 Å². The van der Waals surface area contributed by atoms with Crippen LogP contribution in [-0.4, -0.2) is 52.0 Å². The van der Waals surface area contributed by atoms with Gasteiger partial charge in [0.05, 0.1) is 12.6 Å². The van der Waals surface area contributed by atoms with Crippen molar-refractivity contribution in [1.82, 2.24) is 15.1 Å². The molecule has 21 heavy (non-hydrogen) atoms. The third-order valence-corrected chi connectivity index (χ3v) is 3.44. The van der Waals surface area contributed by atoms with E-state index in [2.05, 4.69) is 15.1 Å². The highest BCUT2D eigenvalue weighted by molar-refractivity contribution is 5.68. The van der Waals surface area contributed by atoms with E-state index >= 15 is 0 Å². The summed E-state index contributed by atoms with van der Waals surface area (Å²) in [6.45, 7) is 8.22. The fraction of sp³-hybridized carbons (Fsp3) is 0.786. The summed E-state index contributed by atoms with van der Waals surface area (Å²) < 4.78 is 11.0. The Bertz CT molecular complexity index is 473. The smallest absolute Gasteiger partial charge is 0.329 e. The number of likely N-dealkylation sites (tertiary alicyclic amines) is 1. The molecule has 1 aliphatic rings. The quantitative estimate of drug-likeness (QED) is 0.879. The molecule has 0 saturated carbocycles. The van der Waals surface area contributed by atoms with Crippen LogP contribution in [0.15, 0.2) is 4.42 Å². The molecule has 7 heteroatoms. The van der Waals surface area contributed by atoms with E-state index < -0.39 is 5.97 Å². The molecule has 1 saturated heterocycles. The number of piperidine rings is 1. The molecule has 1 N–H and O–H groups in total. The van der Waals surface area contributed by atoms with E-state index in [1.54, 1.807) is 0 Å². The largest absolute Gasteiger partial charge is 0.480 e. The van der Waals surface area contributed by atoms with E-state index in [0.29, 0.717) is 18.3 Å². The third-order valence-electron chi connectivity index (χ3n) is 3.44. The molecule has 2 rings (SSSR count). The van der Waals surface area contributed by atoms with Gasteiger partial charge in [-0.2, -0.15) is 0 Å². The van der Waals surface area contributed by atoms with E-state index in [9.17, 15) is 4.79 Å². The maximum atomic E-state index is 10.5. The van der Waals surface area contributed by atoms with Gasteiger partial charge in [0.25, 0.3) is 0 Å². The molecule has 2 heterocycles. The Balaban J connectivity index is 1.78. The Morgan fingerprint density at radius 1 is 1.38 bits per heavy atom. The van der Waals surface area contributed by atoms with Crippen molar-refractivity contribution in [2.75, 3.05) is 19.7 Å². The lowest BCUT2D eigenvalue weighted by Gasteiger charge is -2.30. The topological polar surface area (TPSA) is 88.7 Å². The number of carboxylic acid groups (broad SMARTS) is 1. The minimum atomic E-state index is -0.919. The number of aliphatic carboxylic acids is 1. The van der Waals surface area contributed by atoms with Crippen molar-refractivity contribution in [3.8, 4) is 0 Å². The molecule has 0 aliphatic carbocycles. The zero-order valence-electron chi connectivity index (χ0n) is 12.8. The van der Waals surface area contributed by atoms with Crippen LogP contribution in [0, 0.1) is 0 Å². The summed E-state index contributed by atoms with van der Waals surface area (Å²) in [4.78, 5) is 12.7. The van der Waals surface area contributed by atoms with Crippen LogP contribution in [0.5, 0.6) is 0 Å². The summed E-state index contributed by atoms with van der Waals surface area (Å²) in [5, 5.41) is 16.8. The average molecular weight is 297 g/mol. The molecule has 1 aromatic rings. The van der Waals surface area contributed by atoms with Crippen LogP contribution in [0.25, 0.3) is 0 Å². The summed E-state index contributed by atoms with van der Waals surface area (Å²) in [5.41, 5.74) is -0.136. The van der Waals surface area contributed by atoms with E-state index in [-0.39, 0.29) is 18.1 Å². The van der Waals surface area contributed by atoms with Crippen molar-refractivity contribution in [1.29, 1.82) is 0 Å². The monoisotopic (exact) mass is 297 g/mol. The third kappa shape index (κ3) is 4.78. The Labute approximate surface area is 124 Å². The zero-order valence-corrected chi connectivity index (χ0v) is 12.8. The van der Waals surface area contributed by atoms with E-state index in [4.69, 9.17) is 14.3 Å². The van der Waals surface area contributed by atoms with Crippen molar-refractivity contribution < 1.29 is 19.1 Å². The molecule has 0 radical (unpaired) electrons. The summed E-state index contributed by atoms with van der Waals surface area (Å²) >= 11 is 0. The maximum Gasteiger partial charge on any atom is 0.329 e. The molecular weight excluding hydrogens is 274 g/mol. The van der Waals surface area contributed by atoms with Gasteiger partial charge in [0.15, 0.2) is 0 Å². The molecule has 7 nitrogen and oxygen atoms in total. The second-order valence-electron chi connectivity index (χ2n) is 6.43. The first-order chi connectivity index (χ1) is 9.84. The van der Waals surface area contributed by atoms with Gasteiger partial charge in [-0.15, -0.1) is 10.2 Å². The first-order valence-corrected chi connectivity index (χ1v) is 7.23. The van der Waals surface area contributed by atoms with Crippen LogP contribution in [0.1, 0.15) is 45.4 Å². The molecule has 0 unspecified atom stereocenters.